The second-order valence-electron chi connectivity index (χ2n) is 5.08. The Hall–Kier alpha value is -0.170. The second-order valence-corrected chi connectivity index (χ2v) is 6.94. The van der Waals surface area contributed by atoms with Crippen molar-refractivity contribution in [3.63, 3.8) is 0 Å². The van der Waals surface area contributed by atoms with Crippen molar-refractivity contribution in [1.29, 1.82) is 0 Å². The minimum atomic E-state index is -3.31. The highest BCUT2D eigenvalue weighted by Crippen LogP contribution is 2.31. The van der Waals surface area contributed by atoms with Crippen LogP contribution < -0.4 is 10.5 Å². The number of hydrogen-bond donors (Lipinski definition) is 2. The van der Waals surface area contributed by atoms with Gasteiger partial charge in [-0.2, -0.15) is 12.7 Å². The van der Waals surface area contributed by atoms with Crippen molar-refractivity contribution in [1.82, 2.24) is 9.03 Å². The summed E-state index contributed by atoms with van der Waals surface area (Å²) in [5.41, 5.74) is 5.85. The Bertz CT molecular complexity index is 336. The van der Waals surface area contributed by atoms with Crippen LogP contribution in [0.1, 0.15) is 25.7 Å². The maximum atomic E-state index is 11.8. The number of nitrogens with one attached hydrogen (secondary N) is 1. The van der Waals surface area contributed by atoms with Gasteiger partial charge < -0.3 is 5.73 Å². The van der Waals surface area contributed by atoms with Crippen molar-refractivity contribution in [3.8, 4) is 0 Å². The molecule has 0 aromatic heterocycles. The molecular formula is C10H21N3O2S. The molecular weight excluding hydrogens is 226 g/mol. The minimum Gasteiger partial charge on any atom is -0.326 e. The number of rotatable bonds is 7. The average molecular weight is 247 g/mol. The molecule has 0 spiro atoms. The lowest BCUT2D eigenvalue weighted by molar-refractivity contribution is 0.437. The van der Waals surface area contributed by atoms with Crippen LogP contribution in [0, 0.1) is 11.8 Å². The smallest absolute Gasteiger partial charge is 0.279 e. The molecule has 2 saturated carbocycles. The molecule has 2 aliphatic rings. The monoisotopic (exact) mass is 247 g/mol. The van der Waals surface area contributed by atoms with E-state index in [0.717, 1.165) is 25.7 Å². The topological polar surface area (TPSA) is 75.4 Å². The average Bonchev–Trinajstić information content (AvgIpc) is 3.04. The van der Waals surface area contributed by atoms with E-state index in [1.165, 1.54) is 4.31 Å². The van der Waals surface area contributed by atoms with E-state index in [2.05, 4.69) is 4.72 Å². The third-order valence-electron chi connectivity index (χ3n) is 3.35. The zero-order valence-electron chi connectivity index (χ0n) is 9.72. The standard InChI is InChI=1S/C10H21N3O2S/c1-13(7-8-2-3-8)16(14,15)12-6-10(11)9-4-5-9/h8-10,12H,2-7,11H2,1H3. The van der Waals surface area contributed by atoms with Crippen molar-refractivity contribution in [3.05, 3.63) is 0 Å². The normalized spacial score (nSPS) is 23.7. The van der Waals surface area contributed by atoms with Crippen molar-refractivity contribution < 1.29 is 8.42 Å². The first-order valence-electron chi connectivity index (χ1n) is 5.95. The number of hydrogen-bond acceptors (Lipinski definition) is 3. The minimum absolute atomic E-state index is 0.0240. The lowest BCUT2D eigenvalue weighted by Gasteiger charge is -2.19. The van der Waals surface area contributed by atoms with Crippen LogP contribution in [0.15, 0.2) is 0 Å². The molecule has 16 heavy (non-hydrogen) atoms. The Kier molecular flexibility index (Phi) is 3.53. The summed E-state index contributed by atoms with van der Waals surface area (Å²) in [6, 6.07) is -0.0240. The SMILES string of the molecule is CN(CC1CC1)S(=O)(=O)NCC(N)C1CC1. The molecule has 1 atom stereocenters. The molecule has 3 N–H and O–H groups in total. The highest BCUT2D eigenvalue weighted by atomic mass is 32.2. The van der Waals surface area contributed by atoms with E-state index in [9.17, 15) is 8.42 Å². The lowest BCUT2D eigenvalue weighted by atomic mass is 10.2. The van der Waals surface area contributed by atoms with Crippen LogP contribution in [0.4, 0.5) is 0 Å². The van der Waals surface area contributed by atoms with Crippen LogP contribution in [0.5, 0.6) is 0 Å². The van der Waals surface area contributed by atoms with Gasteiger partial charge in [0, 0.05) is 26.2 Å². The van der Waals surface area contributed by atoms with Crippen LogP contribution in [0.25, 0.3) is 0 Å². The summed E-state index contributed by atoms with van der Waals surface area (Å²) < 4.78 is 27.6. The van der Waals surface area contributed by atoms with E-state index < -0.39 is 10.2 Å². The van der Waals surface area contributed by atoms with Gasteiger partial charge in [0.1, 0.15) is 0 Å². The summed E-state index contributed by atoms with van der Waals surface area (Å²) >= 11 is 0. The molecule has 0 aromatic rings. The molecule has 5 nitrogen and oxygen atoms in total. The first-order valence-corrected chi connectivity index (χ1v) is 7.39. The zero-order valence-corrected chi connectivity index (χ0v) is 10.5. The van der Waals surface area contributed by atoms with Gasteiger partial charge in [0.25, 0.3) is 10.2 Å². The van der Waals surface area contributed by atoms with Gasteiger partial charge in [-0.15, -0.1) is 0 Å². The zero-order chi connectivity index (χ0) is 11.8. The van der Waals surface area contributed by atoms with E-state index >= 15 is 0 Å². The summed E-state index contributed by atoms with van der Waals surface area (Å²) in [7, 11) is -1.68. The Labute approximate surface area is 97.6 Å². The summed E-state index contributed by atoms with van der Waals surface area (Å²) in [5, 5.41) is 0. The molecule has 0 aliphatic heterocycles. The van der Waals surface area contributed by atoms with Gasteiger partial charge >= 0.3 is 0 Å². The van der Waals surface area contributed by atoms with Crippen molar-refractivity contribution in [2.75, 3.05) is 20.1 Å². The van der Waals surface area contributed by atoms with E-state index in [0.29, 0.717) is 24.9 Å². The maximum Gasteiger partial charge on any atom is 0.279 e. The summed E-state index contributed by atoms with van der Waals surface area (Å²) in [6.45, 7) is 0.996. The molecule has 2 fully saturated rings. The summed E-state index contributed by atoms with van der Waals surface area (Å²) in [5.74, 6) is 1.09. The molecule has 0 aromatic carbocycles. The number of nitrogens with zero attached hydrogens (tertiary/aromatic N) is 1. The van der Waals surface area contributed by atoms with E-state index in [1.807, 2.05) is 0 Å². The van der Waals surface area contributed by atoms with Crippen LogP contribution in [0.2, 0.25) is 0 Å². The number of nitrogens with two attached hydrogens (primary N) is 1. The first kappa shape index (κ1) is 12.3. The molecule has 1 unspecified atom stereocenters. The predicted octanol–water partition coefficient (Wildman–Crippen LogP) is -0.100. The predicted molar refractivity (Wildman–Crippen MR) is 63.0 cm³/mol. The van der Waals surface area contributed by atoms with E-state index in [-0.39, 0.29) is 6.04 Å². The molecule has 0 amide bonds. The largest absolute Gasteiger partial charge is 0.326 e. The Morgan fingerprint density at radius 3 is 2.50 bits per heavy atom. The van der Waals surface area contributed by atoms with E-state index in [1.54, 1.807) is 7.05 Å². The Morgan fingerprint density at radius 2 is 2.00 bits per heavy atom. The highest BCUT2D eigenvalue weighted by Gasteiger charge is 2.31. The molecule has 2 aliphatic carbocycles. The molecule has 0 heterocycles. The fourth-order valence-corrected chi connectivity index (χ4v) is 2.80. The van der Waals surface area contributed by atoms with Gasteiger partial charge in [0.05, 0.1) is 0 Å². The van der Waals surface area contributed by atoms with Gasteiger partial charge in [-0.3, -0.25) is 0 Å². The quantitative estimate of drug-likeness (QED) is 0.659. The van der Waals surface area contributed by atoms with Crippen molar-refractivity contribution >= 4 is 10.2 Å². The molecule has 94 valence electrons. The van der Waals surface area contributed by atoms with Crippen LogP contribution in [-0.4, -0.2) is 38.9 Å². The van der Waals surface area contributed by atoms with Gasteiger partial charge in [-0.05, 0) is 37.5 Å². The van der Waals surface area contributed by atoms with Crippen molar-refractivity contribution in [2.24, 2.45) is 17.6 Å². The lowest BCUT2D eigenvalue weighted by Crippen LogP contribution is -2.45. The van der Waals surface area contributed by atoms with Gasteiger partial charge in [0.2, 0.25) is 0 Å². The van der Waals surface area contributed by atoms with Crippen molar-refractivity contribution in [2.45, 2.75) is 31.7 Å². The third kappa shape index (κ3) is 3.41. The first-order chi connectivity index (χ1) is 7.49. The maximum absolute atomic E-state index is 11.8. The molecule has 2 rings (SSSR count). The Balaban J connectivity index is 1.76. The molecule has 0 radical (unpaired) electrons. The third-order valence-corrected chi connectivity index (χ3v) is 4.85. The molecule has 0 saturated heterocycles. The summed E-state index contributed by atoms with van der Waals surface area (Å²) in [6.07, 6.45) is 4.59. The molecule has 0 bridgehead atoms. The fraction of sp³-hybridized carbons (Fsp3) is 1.00. The Morgan fingerprint density at radius 1 is 1.38 bits per heavy atom. The van der Waals surface area contributed by atoms with Crippen LogP contribution >= 0.6 is 0 Å². The fourth-order valence-electron chi connectivity index (χ4n) is 1.76. The van der Waals surface area contributed by atoms with Crippen LogP contribution in [0.3, 0.4) is 0 Å². The molecule has 6 heteroatoms. The second kappa shape index (κ2) is 4.60. The van der Waals surface area contributed by atoms with Gasteiger partial charge in [-0.1, -0.05) is 0 Å². The summed E-state index contributed by atoms with van der Waals surface area (Å²) in [4.78, 5) is 0. The van der Waals surface area contributed by atoms with Gasteiger partial charge in [0.15, 0.2) is 0 Å². The van der Waals surface area contributed by atoms with E-state index in [4.69, 9.17) is 5.73 Å². The highest BCUT2D eigenvalue weighted by molar-refractivity contribution is 7.87. The van der Waals surface area contributed by atoms with Gasteiger partial charge in [-0.25, -0.2) is 4.72 Å². The van der Waals surface area contributed by atoms with Crippen LogP contribution in [-0.2, 0) is 10.2 Å².